The van der Waals surface area contributed by atoms with Crippen molar-refractivity contribution in [1.29, 1.82) is 0 Å². The number of aliphatic carboxylic acids is 3. The van der Waals surface area contributed by atoms with Crippen molar-refractivity contribution < 1.29 is 48.9 Å². The van der Waals surface area contributed by atoms with Crippen molar-refractivity contribution in [2.45, 2.75) is 210 Å². The first-order chi connectivity index (χ1) is 29.3. The molecule has 4 atom stereocenters. The first-order valence-corrected chi connectivity index (χ1v) is 23.4. The van der Waals surface area contributed by atoms with Gasteiger partial charge in [0.25, 0.3) is 0 Å². The van der Waals surface area contributed by atoms with Gasteiger partial charge in [-0.3, -0.25) is 33.5 Å². The Balaban J connectivity index is 3.85. The Hall–Kier alpha value is -3.48. The summed E-state index contributed by atoms with van der Waals surface area (Å²) < 4.78 is 2.43. The van der Waals surface area contributed by atoms with Crippen LogP contribution in [-0.2, 0) is 33.6 Å². The highest BCUT2D eigenvalue weighted by Crippen LogP contribution is 2.15. The lowest BCUT2D eigenvalue weighted by molar-refractivity contribution is -0.142. The van der Waals surface area contributed by atoms with Crippen LogP contribution in [0.2, 0.25) is 0 Å². The predicted molar refractivity (Wildman–Crippen MR) is 240 cm³/mol. The number of carbonyl (C=O) groups is 7. The first kappa shape index (κ1) is 57.5. The van der Waals surface area contributed by atoms with Crippen LogP contribution in [0.15, 0.2) is 0 Å². The van der Waals surface area contributed by atoms with E-state index in [1.54, 1.807) is 0 Å². The normalized spacial score (nSPS) is 13.1. The van der Waals surface area contributed by atoms with Gasteiger partial charge in [-0.1, -0.05) is 103 Å². The van der Waals surface area contributed by atoms with Gasteiger partial charge in [0.15, 0.2) is 0 Å². The van der Waals surface area contributed by atoms with Crippen molar-refractivity contribution in [3.05, 3.63) is 0 Å². The van der Waals surface area contributed by atoms with E-state index in [1.165, 1.54) is 57.8 Å². The predicted octanol–water partition coefficient (Wildman–Crippen LogP) is 4.84. The zero-order valence-electron chi connectivity index (χ0n) is 36.7. The molecule has 17 nitrogen and oxygen atoms in total. The third-order valence-corrected chi connectivity index (χ3v) is 11.0. The molecular weight excluding hydrogens is 807 g/mol. The topological polar surface area (TPSA) is 292 Å². The smallest absolute Gasteiger partial charge is 0.326 e. The number of carboxylic acids is 3. The molecule has 18 heteroatoms. The lowest BCUT2D eigenvalue weighted by atomic mass is 10.0. The molecule has 0 saturated carbocycles. The number of carbonyl (C=O) groups excluding carboxylic acids is 4. The quantitative estimate of drug-likeness (QED) is 0.0289. The molecule has 12 N–H and O–H groups in total. The Labute approximate surface area is 369 Å². The molecule has 0 unspecified atom stereocenters. The lowest BCUT2D eigenvalue weighted by Crippen LogP contribution is -2.42. The van der Waals surface area contributed by atoms with Crippen LogP contribution in [0.25, 0.3) is 0 Å². The van der Waals surface area contributed by atoms with E-state index in [-0.39, 0.29) is 49.3 Å². The zero-order chi connectivity index (χ0) is 45.5. The van der Waals surface area contributed by atoms with Crippen molar-refractivity contribution in [3.63, 3.8) is 0 Å². The molecule has 0 heterocycles. The van der Waals surface area contributed by atoms with Gasteiger partial charge in [0.1, 0.15) is 12.1 Å². The summed E-state index contributed by atoms with van der Waals surface area (Å²) in [5.74, 6) is -4.05. The highest BCUT2D eigenvalue weighted by molar-refractivity contribution is 7.78. The Kier molecular flexibility index (Phi) is 37.1. The summed E-state index contributed by atoms with van der Waals surface area (Å²) in [6.45, 7) is 1.14. The number of rotatable bonds is 43. The molecular formula is C43H81N7O10S. The van der Waals surface area contributed by atoms with Gasteiger partial charge >= 0.3 is 17.9 Å². The monoisotopic (exact) mass is 888 g/mol. The largest absolute Gasteiger partial charge is 0.481 e. The van der Waals surface area contributed by atoms with Gasteiger partial charge in [0.05, 0.1) is 12.1 Å². The standard InChI is InChI=1S/C43H81N7O10S/c44-33(40(55)47-31-21-18-24-34(45)41(56)48-32-22-19-25-36(50-61)43(59)60)23-17-20-30-46-37(51)29-28-35(42(57)58)49-38(52)26-15-13-11-9-7-5-3-1-2-4-6-8-10-12-14-16-27-39(53)54/h33-36,50,61H,1-32,44-45H2,(H,46,51)(H,47,55)(H,48,56)(H,49,52)(H,53,54)(H,57,58)(H,59,60)/t33-,34-,35-,36-/m0/s1. The SMILES string of the molecule is N[C@@H](CCCCNC(=O)CC[C@H](NC(=O)CCCCCCCCCCCCCCCCCCC(=O)O)C(=O)O)C(=O)NCCCC[C@H](N)C(=O)NCCCC[C@H](NS)C(=O)O. The van der Waals surface area contributed by atoms with E-state index < -0.39 is 42.1 Å². The van der Waals surface area contributed by atoms with E-state index in [1.807, 2.05) is 0 Å². The van der Waals surface area contributed by atoms with Crippen molar-refractivity contribution in [1.82, 2.24) is 26.0 Å². The van der Waals surface area contributed by atoms with Crippen LogP contribution in [0, 0.1) is 0 Å². The van der Waals surface area contributed by atoms with Crippen LogP contribution >= 0.6 is 12.8 Å². The molecule has 0 radical (unpaired) electrons. The number of carboxylic acid groups (broad SMARTS) is 3. The zero-order valence-corrected chi connectivity index (χ0v) is 37.6. The number of hydrogen-bond acceptors (Lipinski definition) is 11. The van der Waals surface area contributed by atoms with E-state index in [9.17, 15) is 38.7 Å². The van der Waals surface area contributed by atoms with Crippen molar-refractivity contribution in [3.8, 4) is 0 Å². The highest BCUT2D eigenvalue weighted by Gasteiger charge is 2.21. The van der Waals surface area contributed by atoms with Gasteiger partial charge in [-0.2, -0.15) is 0 Å². The molecule has 0 aromatic heterocycles. The molecule has 0 aliphatic heterocycles. The van der Waals surface area contributed by atoms with Crippen LogP contribution in [0.4, 0.5) is 0 Å². The second-order valence-electron chi connectivity index (χ2n) is 16.2. The molecule has 0 aliphatic rings. The van der Waals surface area contributed by atoms with Crippen LogP contribution in [0.1, 0.15) is 186 Å². The maximum absolute atomic E-state index is 12.4. The highest BCUT2D eigenvalue weighted by atomic mass is 32.1. The van der Waals surface area contributed by atoms with E-state index in [4.69, 9.17) is 21.7 Å². The molecule has 61 heavy (non-hydrogen) atoms. The van der Waals surface area contributed by atoms with E-state index in [0.717, 1.165) is 38.5 Å². The molecule has 354 valence electrons. The Morgan fingerprint density at radius 2 is 0.787 bits per heavy atom. The number of nitrogens with two attached hydrogens (primary N) is 2. The summed E-state index contributed by atoms with van der Waals surface area (Å²) in [6, 6.07) is -3.26. The number of thiol groups is 1. The second-order valence-corrected chi connectivity index (χ2v) is 16.5. The Morgan fingerprint density at radius 3 is 1.18 bits per heavy atom. The van der Waals surface area contributed by atoms with Gasteiger partial charge in [-0.25, -0.2) is 4.79 Å². The third kappa shape index (κ3) is 35.8. The average molecular weight is 888 g/mol. The maximum Gasteiger partial charge on any atom is 0.326 e. The summed E-state index contributed by atoms with van der Waals surface area (Å²) in [6.07, 6.45) is 23.2. The summed E-state index contributed by atoms with van der Waals surface area (Å²) >= 11 is 3.80. The minimum Gasteiger partial charge on any atom is -0.481 e. The molecule has 0 fully saturated rings. The van der Waals surface area contributed by atoms with Gasteiger partial charge in [0, 0.05) is 38.9 Å². The van der Waals surface area contributed by atoms with Crippen LogP contribution in [0.3, 0.4) is 0 Å². The van der Waals surface area contributed by atoms with Gasteiger partial charge in [0.2, 0.25) is 23.6 Å². The molecule has 0 spiro atoms. The molecule has 0 aromatic rings. The summed E-state index contributed by atoms with van der Waals surface area (Å²) in [7, 11) is 0. The fourth-order valence-corrected chi connectivity index (χ4v) is 7.03. The van der Waals surface area contributed by atoms with Crippen LogP contribution in [-0.4, -0.2) is 101 Å². The van der Waals surface area contributed by atoms with Crippen LogP contribution in [0.5, 0.6) is 0 Å². The van der Waals surface area contributed by atoms with Gasteiger partial charge in [-0.15, -0.1) is 0 Å². The molecule has 0 aromatic carbocycles. The van der Waals surface area contributed by atoms with E-state index >= 15 is 0 Å². The summed E-state index contributed by atoms with van der Waals surface area (Å²) in [4.78, 5) is 82.4. The van der Waals surface area contributed by atoms with E-state index in [2.05, 4.69) is 38.8 Å². The minimum atomic E-state index is -1.18. The van der Waals surface area contributed by atoms with Gasteiger partial charge in [-0.05, 0) is 77.0 Å². The van der Waals surface area contributed by atoms with Crippen molar-refractivity contribution >= 4 is 54.4 Å². The molecule has 0 aliphatic carbocycles. The Bertz CT molecular complexity index is 1230. The van der Waals surface area contributed by atoms with E-state index in [0.29, 0.717) is 83.8 Å². The second kappa shape index (κ2) is 39.4. The number of amides is 4. The molecule has 0 saturated heterocycles. The van der Waals surface area contributed by atoms with Crippen molar-refractivity contribution in [2.75, 3.05) is 19.6 Å². The third-order valence-electron chi connectivity index (χ3n) is 10.7. The average Bonchev–Trinajstić information content (AvgIpc) is 3.22. The fourth-order valence-electron chi connectivity index (χ4n) is 6.79. The maximum atomic E-state index is 12.4. The fraction of sp³-hybridized carbons (Fsp3) is 0.837. The lowest BCUT2D eigenvalue weighted by Gasteiger charge is -2.15. The molecule has 0 bridgehead atoms. The van der Waals surface area contributed by atoms with Gasteiger partial charge < -0.3 is 48.1 Å². The number of nitrogens with one attached hydrogen (secondary N) is 5. The number of hydrogen-bond donors (Lipinski definition) is 11. The van der Waals surface area contributed by atoms with Crippen molar-refractivity contribution in [2.24, 2.45) is 11.5 Å². The molecule has 4 amide bonds. The minimum absolute atomic E-state index is 0.0133. The summed E-state index contributed by atoms with van der Waals surface area (Å²) in [5, 5.41) is 38.1. The summed E-state index contributed by atoms with van der Waals surface area (Å²) in [5.41, 5.74) is 12.0. The Morgan fingerprint density at radius 1 is 0.410 bits per heavy atom. The molecule has 0 rings (SSSR count). The van der Waals surface area contributed by atoms with Crippen LogP contribution < -0.4 is 37.5 Å². The number of unbranched alkanes of at least 4 members (excludes halogenated alkanes) is 18. The first-order valence-electron chi connectivity index (χ1n) is 23.0.